The third kappa shape index (κ3) is 3.62. The Morgan fingerprint density at radius 3 is 3.08 bits per heavy atom. The number of rotatable bonds is 6. The summed E-state index contributed by atoms with van der Waals surface area (Å²) in [6, 6.07) is 9.47. The lowest BCUT2D eigenvalue weighted by atomic mass is 10.1. The van der Waals surface area contributed by atoms with E-state index in [0.29, 0.717) is 12.3 Å². The second-order valence-corrected chi connectivity index (χ2v) is 6.53. The first-order valence-electron chi connectivity index (χ1n) is 8.16. The first-order chi connectivity index (χ1) is 12.8. The van der Waals surface area contributed by atoms with Crippen molar-refractivity contribution in [3.05, 3.63) is 70.7 Å². The molecule has 0 saturated heterocycles. The summed E-state index contributed by atoms with van der Waals surface area (Å²) in [6.45, 7) is 0.698. The number of aromatic nitrogens is 2. The third-order valence-corrected chi connectivity index (χ3v) is 4.77. The van der Waals surface area contributed by atoms with Gasteiger partial charge in [0.1, 0.15) is 0 Å². The van der Waals surface area contributed by atoms with Crippen LogP contribution < -0.4 is 14.8 Å². The van der Waals surface area contributed by atoms with Crippen LogP contribution in [0.25, 0.3) is 6.08 Å². The molecule has 1 atom stereocenters. The van der Waals surface area contributed by atoms with Gasteiger partial charge in [-0.05, 0) is 52.2 Å². The molecule has 132 valence electrons. The van der Waals surface area contributed by atoms with E-state index in [4.69, 9.17) is 9.47 Å². The van der Waals surface area contributed by atoms with E-state index in [-0.39, 0.29) is 18.7 Å². The van der Waals surface area contributed by atoms with E-state index in [1.165, 1.54) is 6.08 Å². The summed E-state index contributed by atoms with van der Waals surface area (Å²) in [4.78, 5) is 12.2. The number of carbonyl (C=O) groups is 1. The van der Waals surface area contributed by atoms with Crippen LogP contribution in [0.15, 0.2) is 59.6 Å². The fourth-order valence-corrected chi connectivity index (χ4v) is 3.45. The summed E-state index contributed by atoms with van der Waals surface area (Å²) in [5, 5.41) is 11.3. The SMILES string of the molecule is O=C(/C=C/c1ccc2c(c1)OCO2)NCC(c1ccsc1)n1cccn1. The second-order valence-electron chi connectivity index (χ2n) is 5.75. The van der Waals surface area contributed by atoms with Gasteiger partial charge in [0.2, 0.25) is 12.7 Å². The average Bonchev–Trinajstić information content (AvgIpc) is 3.41. The molecule has 0 aliphatic carbocycles. The monoisotopic (exact) mass is 367 g/mol. The topological polar surface area (TPSA) is 65.4 Å². The van der Waals surface area contributed by atoms with Gasteiger partial charge >= 0.3 is 0 Å². The first kappa shape index (κ1) is 16.4. The maximum atomic E-state index is 12.2. The molecular formula is C19H17N3O3S. The zero-order valence-electron chi connectivity index (χ0n) is 13.9. The summed E-state index contributed by atoms with van der Waals surface area (Å²) in [6.07, 6.45) is 6.91. The van der Waals surface area contributed by atoms with Crippen molar-refractivity contribution >= 4 is 23.3 Å². The number of hydrogen-bond acceptors (Lipinski definition) is 5. The number of nitrogens with zero attached hydrogens (tertiary/aromatic N) is 2. The van der Waals surface area contributed by atoms with E-state index in [0.717, 1.165) is 16.9 Å². The highest BCUT2D eigenvalue weighted by Crippen LogP contribution is 2.32. The predicted octanol–water partition coefficient (Wildman–Crippen LogP) is 3.09. The maximum Gasteiger partial charge on any atom is 0.244 e. The summed E-state index contributed by atoms with van der Waals surface area (Å²) in [5.74, 6) is 1.27. The number of ether oxygens (including phenoxy) is 2. The molecule has 1 aliphatic heterocycles. The number of thiophene rings is 1. The Balaban J connectivity index is 1.39. The van der Waals surface area contributed by atoms with Gasteiger partial charge in [-0.25, -0.2) is 0 Å². The van der Waals surface area contributed by atoms with Gasteiger partial charge in [-0.15, -0.1) is 0 Å². The summed E-state index contributed by atoms with van der Waals surface area (Å²) in [7, 11) is 0. The van der Waals surface area contributed by atoms with E-state index in [9.17, 15) is 4.79 Å². The van der Waals surface area contributed by atoms with Crippen molar-refractivity contribution in [3.63, 3.8) is 0 Å². The minimum absolute atomic E-state index is 0.0286. The predicted molar refractivity (Wildman–Crippen MR) is 99.3 cm³/mol. The molecule has 1 aliphatic rings. The number of hydrogen-bond donors (Lipinski definition) is 1. The standard InChI is InChI=1S/C19H17N3O3S/c23-19(5-3-14-2-4-17-18(10-14)25-13-24-17)20-11-16(15-6-9-26-12-15)22-8-1-7-21-22/h1-10,12,16H,11,13H2,(H,20,23)/b5-3+. The number of carbonyl (C=O) groups excluding carboxylic acids is 1. The van der Waals surface area contributed by atoms with Gasteiger partial charge in [0.15, 0.2) is 11.5 Å². The van der Waals surface area contributed by atoms with Crippen LogP contribution in [0.3, 0.4) is 0 Å². The van der Waals surface area contributed by atoms with E-state index >= 15 is 0 Å². The molecule has 3 heterocycles. The van der Waals surface area contributed by atoms with Crippen molar-refractivity contribution in [3.8, 4) is 11.5 Å². The zero-order valence-corrected chi connectivity index (χ0v) is 14.7. The molecule has 0 spiro atoms. The summed E-state index contributed by atoms with van der Waals surface area (Å²) in [5.41, 5.74) is 2.00. The van der Waals surface area contributed by atoms with E-state index in [1.54, 1.807) is 23.6 Å². The molecule has 1 amide bonds. The van der Waals surface area contributed by atoms with Crippen molar-refractivity contribution in [1.82, 2.24) is 15.1 Å². The second kappa shape index (κ2) is 7.45. The van der Waals surface area contributed by atoms with Crippen LogP contribution in [-0.2, 0) is 4.79 Å². The van der Waals surface area contributed by atoms with Crippen molar-refractivity contribution < 1.29 is 14.3 Å². The lowest BCUT2D eigenvalue weighted by molar-refractivity contribution is -0.116. The molecule has 0 fully saturated rings. The van der Waals surface area contributed by atoms with Crippen molar-refractivity contribution in [2.45, 2.75) is 6.04 Å². The van der Waals surface area contributed by atoms with Crippen LogP contribution in [-0.4, -0.2) is 29.0 Å². The normalized spacial score (nSPS) is 13.8. The Kier molecular flexibility index (Phi) is 4.70. The van der Waals surface area contributed by atoms with Crippen LogP contribution in [0.2, 0.25) is 0 Å². The summed E-state index contributed by atoms with van der Waals surface area (Å²) < 4.78 is 12.5. The van der Waals surface area contributed by atoms with Crippen LogP contribution in [0.4, 0.5) is 0 Å². The lowest BCUT2D eigenvalue weighted by Crippen LogP contribution is -2.30. The van der Waals surface area contributed by atoms with Gasteiger partial charge in [-0.3, -0.25) is 9.48 Å². The number of fused-ring (bicyclic) bond motifs is 1. The maximum absolute atomic E-state index is 12.2. The van der Waals surface area contributed by atoms with Gasteiger partial charge < -0.3 is 14.8 Å². The van der Waals surface area contributed by atoms with Crippen molar-refractivity contribution in [1.29, 1.82) is 0 Å². The highest BCUT2D eigenvalue weighted by molar-refractivity contribution is 7.07. The van der Waals surface area contributed by atoms with E-state index in [1.807, 2.05) is 46.6 Å². The number of benzene rings is 1. The third-order valence-electron chi connectivity index (χ3n) is 4.07. The molecule has 1 aromatic carbocycles. The zero-order chi connectivity index (χ0) is 17.8. The Hall–Kier alpha value is -3.06. The summed E-state index contributed by atoms with van der Waals surface area (Å²) >= 11 is 1.63. The largest absolute Gasteiger partial charge is 0.454 e. The molecule has 0 bridgehead atoms. The molecule has 1 unspecified atom stereocenters. The van der Waals surface area contributed by atoms with Crippen LogP contribution in [0.1, 0.15) is 17.2 Å². The van der Waals surface area contributed by atoms with Crippen molar-refractivity contribution in [2.75, 3.05) is 13.3 Å². The molecule has 6 nitrogen and oxygen atoms in total. The minimum Gasteiger partial charge on any atom is -0.454 e. The average molecular weight is 367 g/mol. The number of amides is 1. The fraction of sp³-hybridized carbons (Fsp3) is 0.158. The molecule has 7 heteroatoms. The molecule has 4 rings (SSSR count). The Bertz CT molecular complexity index is 870. The quantitative estimate of drug-likeness (QED) is 0.680. The highest BCUT2D eigenvalue weighted by Gasteiger charge is 2.15. The van der Waals surface area contributed by atoms with Crippen LogP contribution in [0.5, 0.6) is 11.5 Å². The minimum atomic E-state index is -0.157. The smallest absolute Gasteiger partial charge is 0.244 e. The highest BCUT2D eigenvalue weighted by atomic mass is 32.1. The molecule has 2 aromatic heterocycles. The van der Waals surface area contributed by atoms with Gasteiger partial charge in [0.05, 0.1) is 6.04 Å². The Morgan fingerprint density at radius 1 is 1.35 bits per heavy atom. The van der Waals surface area contributed by atoms with Crippen LogP contribution in [0, 0.1) is 0 Å². The molecule has 0 radical (unpaired) electrons. The van der Waals surface area contributed by atoms with E-state index < -0.39 is 0 Å². The van der Waals surface area contributed by atoms with Gasteiger partial charge in [-0.2, -0.15) is 16.4 Å². The molecule has 26 heavy (non-hydrogen) atoms. The van der Waals surface area contributed by atoms with E-state index in [2.05, 4.69) is 15.8 Å². The molecule has 1 N–H and O–H groups in total. The van der Waals surface area contributed by atoms with Crippen molar-refractivity contribution in [2.24, 2.45) is 0 Å². The first-order valence-corrected chi connectivity index (χ1v) is 9.11. The Morgan fingerprint density at radius 2 is 2.27 bits per heavy atom. The van der Waals surface area contributed by atoms with Gasteiger partial charge in [0.25, 0.3) is 0 Å². The molecule has 0 saturated carbocycles. The number of nitrogens with one attached hydrogen (secondary N) is 1. The van der Waals surface area contributed by atoms with Gasteiger partial charge in [0, 0.05) is 25.0 Å². The van der Waals surface area contributed by atoms with Gasteiger partial charge in [-0.1, -0.05) is 6.07 Å². The lowest BCUT2D eigenvalue weighted by Gasteiger charge is -2.16. The Labute approximate surface area is 154 Å². The van der Waals surface area contributed by atoms with Crippen LogP contribution >= 0.6 is 11.3 Å². The molecular weight excluding hydrogens is 350 g/mol. The molecule has 3 aromatic rings. The fourth-order valence-electron chi connectivity index (χ4n) is 2.74.